The third kappa shape index (κ3) is 3.88. The van der Waals surface area contributed by atoms with Gasteiger partial charge in [0.15, 0.2) is 0 Å². The quantitative estimate of drug-likeness (QED) is 0.799. The first-order valence-electron chi connectivity index (χ1n) is 9.64. The average molecular weight is 385 g/mol. The SMILES string of the molecule is CC(C(=O)N1CCCc2ccccc21)N1CCOC(c2ccc(Cl)cc2)C1. The maximum Gasteiger partial charge on any atom is 0.244 e. The zero-order valence-electron chi connectivity index (χ0n) is 15.6. The smallest absolute Gasteiger partial charge is 0.244 e. The molecule has 0 aromatic heterocycles. The van der Waals surface area contributed by atoms with E-state index in [2.05, 4.69) is 23.1 Å². The maximum absolute atomic E-state index is 13.3. The minimum atomic E-state index is -0.171. The second kappa shape index (κ2) is 8.01. The number of anilines is 1. The number of nitrogens with zero attached hydrogens (tertiary/aromatic N) is 2. The van der Waals surface area contributed by atoms with E-state index in [1.54, 1.807) is 0 Å². The molecular weight excluding hydrogens is 360 g/mol. The largest absolute Gasteiger partial charge is 0.371 e. The Balaban J connectivity index is 1.48. The van der Waals surface area contributed by atoms with Crippen molar-refractivity contribution in [2.75, 3.05) is 31.1 Å². The molecule has 0 radical (unpaired) electrons. The van der Waals surface area contributed by atoms with Crippen LogP contribution < -0.4 is 4.90 Å². The summed E-state index contributed by atoms with van der Waals surface area (Å²) >= 11 is 6.00. The summed E-state index contributed by atoms with van der Waals surface area (Å²) in [6.07, 6.45) is 2.04. The lowest BCUT2D eigenvalue weighted by atomic mass is 10.0. The third-order valence-corrected chi connectivity index (χ3v) is 5.87. The van der Waals surface area contributed by atoms with Crippen molar-refractivity contribution in [2.45, 2.75) is 31.9 Å². The summed E-state index contributed by atoms with van der Waals surface area (Å²) in [5, 5.41) is 0.721. The zero-order chi connectivity index (χ0) is 18.8. The highest BCUT2D eigenvalue weighted by Gasteiger charge is 2.33. The van der Waals surface area contributed by atoms with Crippen LogP contribution in [0.3, 0.4) is 0 Å². The molecule has 27 heavy (non-hydrogen) atoms. The minimum absolute atomic E-state index is 0.0279. The molecule has 1 saturated heterocycles. The summed E-state index contributed by atoms with van der Waals surface area (Å²) < 4.78 is 5.96. The van der Waals surface area contributed by atoms with Crippen LogP contribution >= 0.6 is 11.6 Å². The molecule has 2 aromatic rings. The second-order valence-electron chi connectivity index (χ2n) is 7.30. The van der Waals surface area contributed by atoms with E-state index in [9.17, 15) is 4.79 Å². The molecule has 0 spiro atoms. The van der Waals surface area contributed by atoms with Crippen molar-refractivity contribution < 1.29 is 9.53 Å². The second-order valence-corrected chi connectivity index (χ2v) is 7.74. The number of ether oxygens (including phenoxy) is 1. The van der Waals surface area contributed by atoms with Gasteiger partial charge in [-0.3, -0.25) is 9.69 Å². The fourth-order valence-electron chi connectivity index (χ4n) is 4.04. The molecule has 2 atom stereocenters. The van der Waals surface area contributed by atoms with Gasteiger partial charge < -0.3 is 9.64 Å². The summed E-state index contributed by atoms with van der Waals surface area (Å²) in [4.78, 5) is 17.5. The Morgan fingerprint density at radius 2 is 1.93 bits per heavy atom. The molecule has 2 aliphatic heterocycles. The summed E-state index contributed by atoms with van der Waals surface area (Å²) in [5.41, 5.74) is 3.44. The number of rotatable bonds is 3. The summed E-state index contributed by atoms with van der Waals surface area (Å²) in [6, 6.07) is 15.9. The van der Waals surface area contributed by atoms with Crippen molar-refractivity contribution in [3.63, 3.8) is 0 Å². The highest BCUT2D eigenvalue weighted by atomic mass is 35.5. The molecule has 2 aromatic carbocycles. The molecule has 1 fully saturated rings. The van der Waals surface area contributed by atoms with Gasteiger partial charge in [-0.15, -0.1) is 0 Å². The molecule has 2 unspecified atom stereocenters. The van der Waals surface area contributed by atoms with E-state index >= 15 is 0 Å². The first kappa shape index (κ1) is 18.5. The molecule has 142 valence electrons. The number of morpholine rings is 1. The highest BCUT2D eigenvalue weighted by molar-refractivity contribution is 6.30. The predicted molar refractivity (Wildman–Crippen MR) is 108 cm³/mol. The number of hydrogen-bond acceptors (Lipinski definition) is 3. The fraction of sp³-hybridized carbons (Fsp3) is 0.409. The number of hydrogen-bond donors (Lipinski definition) is 0. The van der Waals surface area contributed by atoms with E-state index in [0.717, 1.165) is 42.2 Å². The molecule has 0 aliphatic carbocycles. The molecule has 4 rings (SSSR count). The van der Waals surface area contributed by atoms with Gasteiger partial charge in [0.05, 0.1) is 18.8 Å². The molecule has 0 saturated carbocycles. The van der Waals surface area contributed by atoms with Crippen molar-refractivity contribution in [3.8, 4) is 0 Å². The van der Waals surface area contributed by atoms with Crippen molar-refractivity contribution in [1.82, 2.24) is 4.90 Å². The molecule has 2 heterocycles. The highest BCUT2D eigenvalue weighted by Crippen LogP contribution is 2.29. The standard InChI is InChI=1S/C22H25ClN2O2/c1-16(22(26)25-12-4-6-17-5-2-3-7-20(17)25)24-13-14-27-21(15-24)18-8-10-19(23)11-9-18/h2-3,5,7-11,16,21H,4,6,12-15H2,1H3. The lowest BCUT2D eigenvalue weighted by Crippen LogP contribution is -2.52. The van der Waals surface area contributed by atoms with E-state index in [4.69, 9.17) is 16.3 Å². The van der Waals surface area contributed by atoms with Crippen molar-refractivity contribution >= 4 is 23.2 Å². The van der Waals surface area contributed by atoms with E-state index in [0.29, 0.717) is 13.2 Å². The first-order chi connectivity index (χ1) is 13.1. The Morgan fingerprint density at radius 3 is 2.74 bits per heavy atom. The van der Waals surface area contributed by atoms with Crippen molar-refractivity contribution in [2.24, 2.45) is 0 Å². The maximum atomic E-state index is 13.3. The number of amides is 1. The third-order valence-electron chi connectivity index (χ3n) is 5.62. The van der Waals surface area contributed by atoms with Crippen LogP contribution in [-0.2, 0) is 16.0 Å². The Labute approximate surface area is 165 Å². The lowest BCUT2D eigenvalue weighted by Gasteiger charge is -2.39. The lowest BCUT2D eigenvalue weighted by molar-refractivity contribution is -0.126. The van der Waals surface area contributed by atoms with Gasteiger partial charge in [-0.1, -0.05) is 41.9 Å². The zero-order valence-corrected chi connectivity index (χ0v) is 16.4. The van der Waals surface area contributed by atoms with Gasteiger partial charge in [0.2, 0.25) is 5.91 Å². The van der Waals surface area contributed by atoms with Crippen LogP contribution in [0.4, 0.5) is 5.69 Å². The molecule has 2 aliphatic rings. The van der Waals surface area contributed by atoms with E-state index < -0.39 is 0 Å². The number of aryl methyl sites for hydroxylation is 1. The van der Waals surface area contributed by atoms with Crippen LogP contribution in [0, 0.1) is 0 Å². The Bertz CT molecular complexity index is 808. The van der Waals surface area contributed by atoms with Gasteiger partial charge in [-0.2, -0.15) is 0 Å². The first-order valence-corrected chi connectivity index (χ1v) is 10.0. The molecule has 1 amide bonds. The van der Waals surface area contributed by atoms with Crippen LogP contribution in [-0.4, -0.2) is 43.1 Å². The van der Waals surface area contributed by atoms with Gasteiger partial charge in [0.1, 0.15) is 0 Å². The van der Waals surface area contributed by atoms with E-state index in [1.807, 2.05) is 42.2 Å². The number of benzene rings is 2. The van der Waals surface area contributed by atoms with Gasteiger partial charge in [0, 0.05) is 30.3 Å². The number of carbonyl (C=O) groups is 1. The fourth-order valence-corrected chi connectivity index (χ4v) is 4.17. The van der Waals surface area contributed by atoms with Gasteiger partial charge in [0.25, 0.3) is 0 Å². The van der Waals surface area contributed by atoms with Crippen molar-refractivity contribution in [3.05, 3.63) is 64.7 Å². The molecule has 0 bridgehead atoms. The minimum Gasteiger partial charge on any atom is -0.371 e. The van der Waals surface area contributed by atoms with Crippen LogP contribution in [0.1, 0.15) is 30.6 Å². The Kier molecular flexibility index (Phi) is 5.48. The molecular formula is C22H25ClN2O2. The van der Waals surface area contributed by atoms with Crippen LogP contribution in [0.2, 0.25) is 5.02 Å². The number of para-hydroxylation sites is 1. The van der Waals surface area contributed by atoms with Crippen LogP contribution in [0.15, 0.2) is 48.5 Å². The monoisotopic (exact) mass is 384 g/mol. The Hall–Kier alpha value is -1.88. The summed E-state index contributed by atoms with van der Waals surface area (Å²) in [6.45, 7) is 4.92. The van der Waals surface area contributed by atoms with Gasteiger partial charge in [-0.05, 0) is 49.1 Å². The van der Waals surface area contributed by atoms with Gasteiger partial charge >= 0.3 is 0 Å². The normalized spacial score (nSPS) is 21.6. The average Bonchev–Trinajstić information content (AvgIpc) is 2.73. The Morgan fingerprint density at radius 1 is 1.15 bits per heavy atom. The topological polar surface area (TPSA) is 32.8 Å². The summed E-state index contributed by atoms with van der Waals surface area (Å²) in [7, 11) is 0. The van der Waals surface area contributed by atoms with Crippen LogP contribution in [0.5, 0.6) is 0 Å². The predicted octanol–water partition coefficient (Wildman–Crippen LogP) is 4.08. The number of halogens is 1. The number of fused-ring (bicyclic) bond motifs is 1. The van der Waals surface area contributed by atoms with E-state index in [1.165, 1.54) is 5.56 Å². The summed E-state index contributed by atoms with van der Waals surface area (Å²) in [5.74, 6) is 0.180. The van der Waals surface area contributed by atoms with Gasteiger partial charge in [-0.25, -0.2) is 0 Å². The van der Waals surface area contributed by atoms with Crippen LogP contribution in [0.25, 0.3) is 0 Å². The molecule has 4 nitrogen and oxygen atoms in total. The van der Waals surface area contributed by atoms with E-state index in [-0.39, 0.29) is 18.1 Å². The number of carbonyl (C=O) groups excluding carboxylic acids is 1. The molecule has 0 N–H and O–H groups in total. The molecule has 5 heteroatoms. The van der Waals surface area contributed by atoms with Crippen molar-refractivity contribution in [1.29, 1.82) is 0 Å².